The van der Waals surface area contributed by atoms with E-state index in [2.05, 4.69) is 17.3 Å². The van der Waals surface area contributed by atoms with Crippen LogP contribution in [0.1, 0.15) is 38.3 Å². The number of benzene rings is 1. The molecule has 5 heteroatoms. The summed E-state index contributed by atoms with van der Waals surface area (Å²) in [5.41, 5.74) is 1.46. The van der Waals surface area contributed by atoms with Crippen LogP contribution in [0, 0.1) is 0 Å². The molecule has 0 aliphatic carbocycles. The van der Waals surface area contributed by atoms with Gasteiger partial charge in [-0.1, -0.05) is 55.3 Å². The van der Waals surface area contributed by atoms with Gasteiger partial charge in [-0.2, -0.15) is 5.10 Å². The molecule has 0 fully saturated rings. The van der Waals surface area contributed by atoms with Crippen molar-refractivity contribution in [3.8, 4) is 0 Å². The monoisotopic (exact) mass is 305 g/mol. The number of hydrogen-bond acceptors (Lipinski definition) is 3. The number of nitrogens with one attached hydrogen (secondary N) is 1. The SMILES string of the molecule is CCCCn1ncc(NC(C)c2ccccc2)c(Cl)c1=O. The van der Waals surface area contributed by atoms with Gasteiger partial charge in [-0.05, 0) is 18.9 Å². The van der Waals surface area contributed by atoms with E-state index in [-0.39, 0.29) is 16.6 Å². The molecule has 1 unspecified atom stereocenters. The summed E-state index contributed by atoms with van der Waals surface area (Å²) in [6.45, 7) is 4.70. The summed E-state index contributed by atoms with van der Waals surface area (Å²) in [5, 5.41) is 7.62. The predicted molar refractivity (Wildman–Crippen MR) is 86.9 cm³/mol. The van der Waals surface area contributed by atoms with Crippen molar-refractivity contribution in [2.45, 2.75) is 39.3 Å². The summed E-state index contributed by atoms with van der Waals surface area (Å²) in [6.07, 6.45) is 3.55. The van der Waals surface area contributed by atoms with Crippen LogP contribution < -0.4 is 10.9 Å². The van der Waals surface area contributed by atoms with E-state index in [1.165, 1.54) is 4.68 Å². The first-order valence-electron chi connectivity index (χ1n) is 7.20. The highest BCUT2D eigenvalue weighted by Gasteiger charge is 2.12. The van der Waals surface area contributed by atoms with Gasteiger partial charge in [0.2, 0.25) is 0 Å². The summed E-state index contributed by atoms with van der Waals surface area (Å²) in [4.78, 5) is 12.1. The van der Waals surface area contributed by atoms with E-state index in [9.17, 15) is 4.79 Å². The number of nitrogens with zero attached hydrogens (tertiary/aromatic N) is 2. The second-order valence-electron chi connectivity index (χ2n) is 5.03. The molecule has 2 rings (SSSR count). The van der Waals surface area contributed by atoms with Gasteiger partial charge in [0, 0.05) is 12.6 Å². The molecule has 0 bridgehead atoms. The molecule has 4 nitrogen and oxygen atoms in total. The van der Waals surface area contributed by atoms with Gasteiger partial charge in [-0.25, -0.2) is 4.68 Å². The number of halogens is 1. The van der Waals surface area contributed by atoms with Crippen LogP contribution in [0.4, 0.5) is 5.69 Å². The number of anilines is 1. The Morgan fingerprint density at radius 2 is 2.05 bits per heavy atom. The van der Waals surface area contributed by atoms with E-state index >= 15 is 0 Å². The first kappa shape index (κ1) is 15.6. The average molecular weight is 306 g/mol. The van der Waals surface area contributed by atoms with Crippen LogP contribution in [0.5, 0.6) is 0 Å². The topological polar surface area (TPSA) is 46.9 Å². The van der Waals surface area contributed by atoms with Crippen molar-refractivity contribution in [3.05, 3.63) is 57.5 Å². The molecular formula is C16H20ClN3O. The normalized spacial score (nSPS) is 12.1. The highest BCUT2D eigenvalue weighted by Crippen LogP contribution is 2.22. The zero-order valence-electron chi connectivity index (χ0n) is 12.3. The maximum absolute atomic E-state index is 12.1. The maximum Gasteiger partial charge on any atom is 0.287 e. The zero-order valence-corrected chi connectivity index (χ0v) is 13.1. The van der Waals surface area contributed by atoms with E-state index < -0.39 is 0 Å². The molecule has 1 N–H and O–H groups in total. The Labute approximate surface area is 129 Å². The lowest BCUT2D eigenvalue weighted by Crippen LogP contribution is -2.24. The molecule has 2 aromatic rings. The van der Waals surface area contributed by atoms with Crippen molar-refractivity contribution in [3.63, 3.8) is 0 Å². The molecule has 0 aliphatic heterocycles. The standard InChI is InChI=1S/C16H20ClN3O/c1-3-4-10-20-16(21)15(17)14(11-18-20)19-12(2)13-8-6-5-7-9-13/h5-9,11-12,19H,3-4,10H2,1-2H3. The van der Waals surface area contributed by atoms with Gasteiger partial charge >= 0.3 is 0 Å². The van der Waals surface area contributed by atoms with Crippen molar-refractivity contribution >= 4 is 17.3 Å². The van der Waals surface area contributed by atoms with E-state index in [0.29, 0.717) is 12.2 Å². The third-order valence-electron chi connectivity index (χ3n) is 3.38. The third kappa shape index (κ3) is 3.85. The number of hydrogen-bond donors (Lipinski definition) is 1. The van der Waals surface area contributed by atoms with E-state index in [1.807, 2.05) is 37.3 Å². The Morgan fingerprint density at radius 3 is 2.71 bits per heavy atom. The molecular weight excluding hydrogens is 286 g/mol. The average Bonchev–Trinajstić information content (AvgIpc) is 2.52. The van der Waals surface area contributed by atoms with E-state index in [0.717, 1.165) is 18.4 Å². The lowest BCUT2D eigenvalue weighted by molar-refractivity contribution is 0.543. The van der Waals surface area contributed by atoms with Crippen LogP contribution in [-0.2, 0) is 6.54 Å². The highest BCUT2D eigenvalue weighted by atomic mass is 35.5. The largest absolute Gasteiger partial charge is 0.376 e. The molecule has 1 atom stereocenters. The minimum atomic E-state index is -0.240. The van der Waals surface area contributed by atoms with Crippen LogP contribution in [0.3, 0.4) is 0 Å². The Balaban J connectivity index is 2.18. The summed E-state index contributed by atoms with van der Waals surface area (Å²) in [7, 11) is 0. The first-order chi connectivity index (χ1) is 10.1. The number of aromatic nitrogens is 2. The van der Waals surface area contributed by atoms with Gasteiger partial charge in [0.05, 0.1) is 11.9 Å². The van der Waals surface area contributed by atoms with Gasteiger partial charge in [0.25, 0.3) is 5.56 Å². The van der Waals surface area contributed by atoms with Crippen molar-refractivity contribution in [1.82, 2.24) is 9.78 Å². The van der Waals surface area contributed by atoms with Gasteiger partial charge in [-0.15, -0.1) is 0 Å². The Hall–Kier alpha value is -1.81. The highest BCUT2D eigenvalue weighted by molar-refractivity contribution is 6.32. The van der Waals surface area contributed by atoms with Crippen molar-refractivity contribution in [1.29, 1.82) is 0 Å². The number of unbranched alkanes of at least 4 members (excludes halogenated alkanes) is 1. The molecule has 0 aliphatic rings. The Bertz CT molecular complexity index is 640. The van der Waals surface area contributed by atoms with Crippen molar-refractivity contribution in [2.75, 3.05) is 5.32 Å². The molecule has 21 heavy (non-hydrogen) atoms. The predicted octanol–water partition coefficient (Wildman–Crippen LogP) is 3.87. The molecule has 1 aromatic carbocycles. The fourth-order valence-electron chi connectivity index (χ4n) is 2.09. The fourth-order valence-corrected chi connectivity index (χ4v) is 2.29. The third-order valence-corrected chi connectivity index (χ3v) is 3.75. The molecule has 0 saturated heterocycles. The number of rotatable bonds is 6. The summed E-state index contributed by atoms with van der Waals surface area (Å²) in [6, 6.07) is 10.0. The second kappa shape index (κ2) is 7.27. The van der Waals surface area contributed by atoms with E-state index in [1.54, 1.807) is 6.20 Å². The van der Waals surface area contributed by atoms with E-state index in [4.69, 9.17) is 11.6 Å². The number of aryl methyl sites for hydroxylation is 1. The van der Waals surface area contributed by atoms with Gasteiger partial charge in [0.15, 0.2) is 0 Å². The summed E-state index contributed by atoms with van der Waals surface area (Å²) < 4.78 is 1.42. The maximum atomic E-state index is 12.1. The summed E-state index contributed by atoms with van der Waals surface area (Å²) >= 11 is 6.17. The minimum absolute atomic E-state index is 0.0522. The lowest BCUT2D eigenvalue weighted by atomic mass is 10.1. The van der Waals surface area contributed by atoms with Gasteiger partial charge < -0.3 is 5.32 Å². The first-order valence-corrected chi connectivity index (χ1v) is 7.58. The van der Waals surface area contributed by atoms with Crippen LogP contribution in [0.2, 0.25) is 5.02 Å². The molecule has 0 saturated carbocycles. The van der Waals surface area contributed by atoms with Crippen LogP contribution in [0.25, 0.3) is 0 Å². The molecule has 0 spiro atoms. The summed E-state index contributed by atoms with van der Waals surface area (Å²) in [5.74, 6) is 0. The van der Waals surface area contributed by atoms with Gasteiger partial charge in [-0.3, -0.25) is 4.79 Å². The second-order valence-corrected chi connectivity index (χ2v) is 5.41. The fraction of sp³-hybridized carbons (Fsp3) is 0.375. The molecule has 1 heterocycles. The molecule has 0 amide bonds. The van der Waals surface area contributed by atoms with Gasteiger partial charge in [0.1, 0.15) is 5.02 Å². The van der Waals surface area contributed by atoms with Crippen LogP contribution in [0.15, 0.2) is 41.3 Å². The van der Waals surface area contributed by atoms with Crippen LogP contribution in [-0.4, -0.2) is 9.78 Å². The zero-order chi connectivity index (χ0) is 15.2. The Morgan fingerprint density at radius 1 is 1.33 bits per heavy atom. The molecule has 1 aromatic heterocycles. The van der Waals surface area contributed by atoms with Crippen molar-refractivity contribution in [2.24, 2.45) is 0 Å². The lowest BCUT2D eigenvalue weighted by Gasteiger charge is -2.16. The van der Waals surface area contributed by atoms with Crippen molar-refractivity contribution < 1.29 is 0 Å². The molecule has 0 radical (unpaired) electrons. The smallest absolute Gasteiger partial charge is 0.287 e. The molecule has 112 valence electrons. The van der Waals surface area contributed by atoms with Crippen LogP contribution >= 0.6 is 11.6 Å². The quantitative estimate of drug-likeness (QED) is 0.881. The Kier molecular flexibility index (Phi) is 5.39. The minimum Gasteiger partial charge on any atom is -0.376 e.